The van der Waals surface area contributed by atoms with E-state index < -0.39 is 0 Å². The number of aromatic amines is 1. The number of nitrogens with one attached hydrogen (secondary N) is 2. The van der Waals surface area contributed by atoms with Gasteiger partial charge in [0.15, 0.2) is 0 Å². The monoisotopic (exact) mass is 471 g/mol. The molecule has 4 N–H and O–H groups in total. The molecule has 2 unspecified atom stereocenters. The van der Waals surface area contributed by atoms with E-state index in [1.54, 1.807) is 6.33 Å². The molecule has 0 radical (unpaired) electrons. The minimum absolute atomic E-state index is 0.100. The van der Waals surface area contributed by atoms with E-state index in [0.717, 1.165) is 33.2 Å². The molecule has 3 atom stereocenters. The van der Waals surface area contributed by atoms with Crippen molar-refractivity contribution in [2.24, 2.45) is 0 Å². The van der Waals surface area contributed by atoms with Crippen LogP contribution in [-0.4, -0.2) is 20.5 Å². The van der Waals surface area contributed by atoms with Crippen LogP contribution in [0, 0.1) is 0 Å². The number of hydrogen-bond donors (Lipinski definition) is 3. The van der Waals surface area contributed by atoms with E-state index in [-0.39, 0.29) is 17.5 Å². The zero-order valence-electron chi connectivity index (χ0n) is 20.4. The molecule has 36 heavy (non-hydrogen) atoms. The number of aromatic nitrogens is 3. The van der Waals surface area contributed by atoms with E-state index >= 15 is 0 Å². The summed E-state index contributed by atoms with van der Waals surface area (Å²) < 4.78 is 0. The first kappa shape index (κ1) is 22.3. The standard InChI is InChI=1S/C31H29N5/c1-20(21-6-4-3-5-7-21)36-31(2)15-14-23(22-8-11-25(32)12-9-22)16-28(31)24-10-13-26-27-18-33-19-34-30(27)35-29(26)17-24/h3-20,28,36H,32H2,1-2H3,(H,33,34,35)/t20-,28?,31?/m1/s1. The number of benzene rings is 3. The summed E-state index contributed by atoms with van der Waals surface area (Å²) in [6.45, 7) is 4.51. The van der Waals surface area contributed by atoms with Crippen molar-refractivity contribution in [1.82, 2.24) is 20.3 Å². The van der Waals surface area contributed by atoms with Crippen LogP contribution < -0.4 is 11.1 Å². The van der Waals surface area contributed by atoms with E-state index in [1.807, 2.05) is 18.3 Å². The second-order valence-corrected chi connectivity index (χ2v) is 9.83. The van der Waals surface area contributed by atoms with Crippen molar-refractivity contribution in [2.45, 2.75) is 31.3 Å². The summed E-state index contributed by atoms with van der Waals surface area (Å²) in [5.41, 5.74) is 13.2. The van der Waals surface area contributed by atoms with Crippen LogP contribution in [0.3, 0.4) is 0 Å². The zero-order valence-corrected chi connectivity index (χ0v) is 20.4. The molecule has 0 aliphatic heterocycles. The van der Waals surface area contributed by atoms with Crippen molar-refractivity contribution in [3.05, 3.63) is 120 Å². The molecule has 0 bridgehead atoms. The Morgan fingerprint density at radius 3 is 2.61 bits per heavy atom. The first-order valence-corrected chi connectivity index (χ1v) is 12.3. The quantitative estimate of drug-likeness (QED) is 0.254. The van der Waals surface area contributed by atoms with Gasteiger partial charge in [-0.05, 0) is 54.3 Å². The summed E-state index contributed by atoms with van der Waals surface area (Å²) in [6.07, 6.45) is 10.4. The maximum atomic E-state index is 5.95. The summed E-state index contributed by atoms with van der Waals surface area (Å²) >= 11 is 0. The van der Waals surface area contributed by atoms with E-state index in [4.69, 9.17) is 5.73 Å². The Balaban J connectivity index is 1.44. The second-order valence-electron chi connectivity index (χ2n) is 9.83. The van der Waals surface area contributed by atoms with Crippen molar-refractivity contribution >= 4 is 33.2 Å². The maximum absolute atomic E-state index is 5.95. The Labute approximate surface area is 210 Å². The summed E-state index contributed by atoms with van der Waals surface area (Å²) in [4.78, 5) is 12.1. The third kappa shape index (κ3) is 3.97. The van der Waals surface area contributed by atoms with Crippen LogP contribution in [0.5, 0.6) is 0 Å². The Bertz CT molecular complexity index is 1600. The summed E-state index contributed by atoms with van der Waals surface area (Å²) in [6, 6.07) is 25.5. The topological polar surface area (TPSA) is 79.6 Å². The summed E-state index contributed by atoms with van der Waals surface area (Å²) in [7, 11) is 0. The number of nitrogen functional groups attached to an aromatic ring is 1. The van der Waals surface area contributed by atoms with Gasteiger partial charge in [0.2, 0.25) is 0 Å². The van der Waals surface area contributed by atoms with Gasteiger partial charge in [-0.1, -0.05) is 72.8 Å². The van der Waals surface area contributed by atoms with Gasteiger partial charge in [-0.15, -0.1) is 0 Å². The predicted octanol–water partition coefficient (Wildman–Crippen LogP) is 6.54. The molecule has 5 aromatic rings. The highest BCUT2D eigenvalue weighted by Gasteiger charge is 2.35. The SMILES string of the molecule is C[C@@H](NC1(C)C=CC(c2ccc(N)cc2)=CC1c1ccc2c(c1)[nH]c1ncncc12)c1ccccc1. The number of anilines is 1. The Morgan fingerprint density at radius 1 is 1.00 bits per heavy atom. The smallest absolute Gasteiger partial charge is 0.141 e. The molecule has 0 spiro atoms. The third-order valence-corrected chi connectivity index (χ3v) is 7.33. The lowest BCUT2D eigenvalue weighted by Gasteiger charge is -2.40. The Morgan fingerprint density at radius 2 is 1.81 bits per heavy atom. The number of nitrogens with zero attached hydrogens (tertiary/aromatic N) is 2. The molecule has 6 rings (SSSR count). The number of rotatable bonds is 5. The molecule has 0 fully saturated rings. The lowest BCUT2D eigenvalue weighted by atomic mass is 9.74. The van der Waals surface area contributed by atoms with Gasteiger partial charge >= 0.3 is 0 Å². The minimum atomic E-state index is -0.300. The summed E-state index contributed by atoms with van der Waals surface area (Å²) in [5.74, 6) is 0.100. The van der Waals surface area contributed by atoms with Crippen LogP contribution >= 0.6 is 0 Å². The van der Waals surface area contributed by atoms with Crippen LogP contribution in [0.4, 0.5) is 5.69 Å². The van der Waals surface area contributed by atoms with Gasteiger partial charge in [0.25, 0.3) is 0 Å². The van der Waals surface area contributed by atoms with Gasteiger partial charge in [0.05, 0.1) is 0 Å². The van der Waals surface area contributed by atoms with Gasteiger partial charge in [0, 0.05) is 45.7 Å². The van der Waals surface area contributed by atoms with Gasteiger partial charge in [0.1, 0.15) is 12.0 Å². The van der Waals surface area contributed by atoms with Crippen molar-refractivity contribution in [3.8, 4) is 0 Å². The van der Waals surface area contributed by atoms with Crippen molar-refractivity contribution in [2.75, 3.05) is 5.73 Å². The number of hydrogen-bond acceptors (Lipinski definition) is 4. The predicted molar refractivity (Wildman–Crippen MR) is 149 cm³/mol. The molecule has 0 saturated carbocycles. The lowest BCUT2D eigenvalue weighted by Crippen LogP contribution is -2.47. The van der Waals surface area contributed by atoms with E-state index in [1.165, 1.54) is 16.7 Å². The Hall–Kier alpha value is -4.22. The molecule has 5 nitrogen and oxygen atoms in total. The average Bonchev–Trinajstić information content (AvgIpc) is 3.28. The molecule has 3 aromatic carbocycles. The molecule has 1 aliphatic rings. The molecular weight excluding hydrogens is 442 g/mol. The van der Waals surface area contributed by atoms with Gasteiger partial charge < -0.3 is 16.0 Å². The molecule has 5 heteroatoms. The van der Waals surface area contributed by atoms with Crippen LogP contribution in [0.25, 0.3) is 27.5 Å². The van der Waals surface area contributed by atoms with Crippen LogP contribution in [-0.2, 0) is 0 Å². The van der Waals surface area contributed by atoms with E-state index in [9.17, 15) is 0 Å². The molecule has 0 amide bonds. The van der Waals surface area contributed by atoms with Gasteiger partial charge in [-0.2, -0.15) is 0 Å². The zero-order chi connectivity index (χ0) is 24.7. The van der Waals surface area contributed by atoms with Gasteiger partial charge in [-0.3, -0.25) is 0 Å². The number of nitrogens with two attached hydrogens (primary N) is 1. The van der Waals surface area contributed by atoms with Crippen LogP contribution in [0.15, 0.2) is 104 Å². The molecule has 0 saturated heterocycles. The highest BCUT2D eigenvalue weighted by atomic mass is 15.0. The molecular formula is C31H29N5. The highest BCUT2D eigenvalue weighted by molar-refractivity contribution is 6.05. The fraction of sp³-hybridized carbons (Fsp3) is 0.161. The summed E-state index contributed by atoms with van der Waals surface area (Å²) in [5, 5.41) is 6.11. The average molecular weight is 472 g/mol. The molecule has 178 valence electrons. The minimum Gasteiger partial charge on any atom is -0.399 e. The maximum Gasteiger partial charge on any atom is 0.141 e. The number of H-pyrrole nitrogens is 1. The first-order valence-electron chi connectivity index (χ1n) is 12.3. The number of fused-ring (bicyclic) bond motifs is 3. The first-order chi connectivity index (χ1) is 17.5. The van der Waals surface area contributed by atoms with Crippen molar-refractivity contribution in [3.63, 3.8) is 0 Å². The fourth-order valence-electron chi connectivity index (χ4n) is 5.36. The van der Waals surface area contributed by atoms with Crippen molar-refractivity contribution < 1.29 is 0 Å². The van der Waals surface area contributed by atoms with Crippen molar-refractivity contribution in [1.29, 1.82) is 0 Å². The molecule has 2 aromatic heterocycles. The fourth-order valence-corrected chi connectivity index (χ4v) is 5.36. The van der Waals surface area contributed by atoms with Crippen LogP contribution in [0.2, 0.25) is 0 Å². The highest BCUT2D eigenvalue weighted by Crippen LogP contribution is 2.41. The molecule has 1 aliphatic carbocycles. The van der Waals surface area contributed by atoms with E-state index in [2.05, 4.69) is 113 Å². The second kappa shape index (κ2) is 8.77. The van der Waals surface area contributed by atoms with E-state index in [0.29, 0.717) is 0 Å². The normalized spacial score (nSPS) is 20.5. The third-order valence-electron chi connectivity index (χ3n) is 7.33. The Kier molecular flexibility index (Phi) is 5.42. The lowest BCUT2D eigenvalue weighted by molar-refractivity contribution is 0.356. The number of allylic oxidation sites excluding steroid dienone is 2. The molecule has 2 heterocycles. The largest absolute Gasteiger partial charge is 0.399 e. The van der Waals surface area contributed by atoms with Gasteiger partial charge in [-0.25, -0.2) is 9.97 Å². The van der Waals surface area contributed by atoms with Crippen LogP contribution in [0.1, 0.15) is 42.5 Å².